The standard InChI is InChI=1S/C18H15F2N3O3S.C11H11N3O2.C9H6N2O2.C3H8O/c1-2-9-27(25,26)23-14-6-4-12(19)16(17(14)20)18(24)11-3-5-13-15(10-11)22-8-7-21-13;1-14(16-2)11(15)8-3-4-9-10(7-8)13-6-5-12-9;12-9(13)6-1-2-7-8(5-6)11-4-3-10-7;1-3-4-2/h3-8,10,23H,2,9H2,1H3;3-7H,1-2H3;1-5H,(H,12,13);3H2,1-2H3. The minimum Gasteiger partial charge on any atom is -0.478 e. The van der Waals surface area contributed by atoms with Gasteiger partial charge in [0.2, 0.25) is 10.0 Å². The van der Waals surface area contributed by atoms with Crippen molar-refractivity contribution in [1.82, 2.24) is 35.0 Å². The van der Waals surface area contributed by atoms with Crippen LogP contribution in [-0.4, -0.2) is 99.8 Å². The number of nitrogens with one attached hydrogen (secondary N) is 1. The monoisotopic (exact) mass is 842 g/mol. The summed E-state index contributed by atoms with van der Waals surface area (Å²) in [5.74, 6) is -4.66. The van der Waals surface area contributed by atoms with E-state index in [1.807, 2.05) is 11.6 Å². The summed E-state index contributed by atoms with van der Waals surface area (Å²) < 4.78 is 59.2. The zero-order valence-electron chi connectivity index (χ0n) is 33.0. The molecule has 0 bridgehead atoms. The molecular formula is C41H40F2N8O8S. The number of ether oxygens (including phenoxy) is 1. The Bertz CT molecular complexity index is 2720. The van der Waals surface area contributed by atoms with E-state index in [1.54, 1.807) is 63.9 Å². The lowest BCUT2D eigenvalue weighted by molar-refractivity contribution is -0.0756. The van der Waals surface area contributed by atoms with Gasteiger partial charge in [0.05, 0.1) is 62.8 Å². The van der Waals surface area contributed by atoms with Crippen LogP contribution < -0.4 is 4.72 Å². The molecule has 0 fully saturated rings. The molecule has 3 aromatic heterocycles. The summed E-state index contributed by atoms with van der Waals surface area (Å²) in [6, 6.07) is 15.9. The number of hydrogen-bond donors (Lipinski definition) is 2. The summed E-state index contributed by atoms with van der Waals surface area (Å²) in [6.07, 6.45) is 9.55. The number of anilines is 1. The highest BCUT2D eigenvalue weighted by molar-refractivity contribution is 7.92. The number of aromatic nitrogens is 6. The second-order valence-electron chi connectivity index (χ2n) is 12.2. The number of ketones is 1. The van der Waals surface area contributed by atoms with Gasteiger partial charge in [-0.25, -0.2) is 27.1 Å². The summed E-state index contributed by atoms with van der Waals surface area (Å²) in [5.41, 5.74) is 3.12. The quantitative estimate of drug-likeness (QED) is 0.111. The highest BCUT2D eigenvalue weighted by atomic mass is 32.2. The molecule has 0 aliphatic carbocycles. The summed E-state index contributed by atoms with van der Waals surface area (Å²) in [7, 11) is 0.885. The van der Waals surface area contributed by atoms with Crippen LogP contribution >= 0.6 is 0 Å². The number of rotatable bonds is 10. The highest BCUT2D eigenvalue weighted by Crippen LogP contribution is 2.26. The van der Waals surface area contributed by atoms with E-state index in [2.05, 4.69) is 34.6 Å². The number of benzene rings is 4. The molecule has 4 aromatic carbocycles. The number of aromatic carboxylic acids is 1. The van der Waals surface area contributed by atoms with Crippen molar-refractivity contribution in [3.05, 3.63) is 138 Å². The lowest BCUT2D eigenvalue weighted by Crippen LogP contribution is -2.25. The number of carbonyl (C=O) groups excluding carboxylic acids is 2. The van der Waals surface area contributed by atoms with Crippen LogP contribution in [0.1, 0.15) is 56.9 Å². The first-order valence-electron chi connectivity index (χ1n) is 17.9. The molecule has 1 amide bonds. The van der Waals surface area contributed by atoms with Crippen LogP contribution in [0.4, 0.5) is 14.5 Å². The van der Waals surface area contributed by atoms with Gasteiger partial charge in [0.25, 0.3) is 5.91 Å². The van der Waals surface area contributed by atoms with Crippen molar-refractivity contribution in [3.63, 3.8) is 0 Å². The number of carboxylic acid groups (broad SMARTS) is 1. The average molecular weight is 843 g/mol. The van der Waals surface area contributed by atoms with Gasteiger partial charge in [-0.2, -0.15) is 0 Å². The molecule has 0 aliphatic rings. The minimum absolute atomic E-state index is 0.00867. The van der Waals surface area contributed by atoms with Gasteiger partial charge in [-0.3, -0.25) is 49.1 Å². The first-order chi connectivity index (χ1) is 28.7. The third kappa shape index (κ3) is 12.3. The normalized spacial score (nSPS) is 10.7. The van der Waals surface area contributed by atoms with Crippen molar-refractivity contribution in [2.24, 2.45) is 0 Å². The van der Waals surface area contributed by atoms with Crippen LogP contribution in [0.5, 0.6) is 0 Å². The molecule has 16 nitrogen and oxygen atoms in total. The Morgan fingerprint density at radius 1 is 0.683 bits per heavy atom. The Balaban J connectivity index is 0.000000204. The van der Waals surface area contributed by atoms with Gasteiger partial charge in [0, 0.05) is 69.1 Å². The zero-order chi connectivity index (χ0) is 43.8. The molecule has 0 spiro atoms. The molecule has 312 valence electrons. The average Bonchev–Trinajstić information content (AvgIpc) is 3.26. The Kier molecular flexibility index (Phi) is 16.5. The summed E-state index contributed by atoms with van der Waals surface area (Å²) in [5, 5.41) is 9.86. The number of hydroxylamine groups is 2. The van der Waals surface area contributed by atoms with E-state index in [0.717, 1.165) is 29.3 Å². The van der Waals surface area contributed by atoms with Gasteiger partial charge < -0.3 is 9.84 Å². The van der Waals surface area contributed by atoms with Crippen molar-refractivity contribution >= 4 is 66.5 Å². The van der Waals surface area contributed by atoms with E-state index in [1.165, 1.54) is 56.0 Å². The predicted octanol–water partition coefficient (Wildman–Crippen LogP) is 6.53. The molecule has 0 atom stereocenters. The topological polar surface area (TPSA) is 217 Å². The number of fused-ring (bicyclic) bond motifs is 3. The third-order valence-electron chi connectivity index (χ3n) is 8.07. The maximum absolute atomic E-state index is 14.7. The molecule has 0 saturated carbocycles. The number of carboxylic acids is 1. The first kappa shape index (κ1) is 45.7. The van der Waals surface area contributed by atoms with E-state index in [0.29, 0.717) is 39.6 Å². The maximum Gasteiger partial charge on any atom is 0.335 e. The summed E-state index contributed by atoms with van der Waals surface area (Å²) in [6.45, 7) is 4.43. The van der Waals surface area contributed by atoms with Gasteiger partial charge in [0.1, 0.15) is 5.82 Å². The molecule has 0 aliphatic heterocycles. The van der Waals surface area contributed by atoms with Crippen molar-refractivity contribution < 1.29 is 46.3 Å². The number of nitrogens with zero attached hydrogens (tertiary/aromatic N) is 7. The molecule has 60 heavy (non-hydrogen) atoms. The van der Waals surface area contributed by atoms with E-state index >= 15 is 0 Å². The minimum atomic E-state index is -3.80. The maximum atomic E-state index is 14.7. The first-order valence-corrected chi connectivity index (χ1v) is 19.6. The van der Waals surface area contributed by atoms with Gasteiger partial charge >= 0.3 is 5.97 Å². The second kappa shape index (κ2) is 21.7. The number of sulfonamides is 1. The van der Waals surface area contributed by atoms with Crippen molar-refractivity contribution in [2.45, 2.75) is 20.3 Å². The lowest BCUT2D eigenvalue weighted by Gasteiger charge is -2.13. The van der Waals surface area contributed by atoms with Crippen LogP contribution in [0, 0.1) is 11.6 Å². The number of halogens is 2. The fourth-order valence-corrected chi connectivity index (χ4v) is 6.17. The molecule has 0 saturated heterocycles. The molecule has 0 unspecified atom stereocenters. The van der Waals surface area contributed by atoms with Gasteiger partial charge in [-0.1, -0.05) is 6.92 Å². The summed E-state index contributed by atoms with van der Waals surface area (Å²) >= 11 is 0. The fraction of sp³-hybridized carbons (Fsp3) is 0.195. The van der Waals surface area contributed by atoms with E-state index in [9.17, 15) is 31.6 Å². The van der Waals surface area contributed by atoms with Crippen LogP contribution in [0.15, 0.2) is 104 Å². The van der Waals surface area contributed by atoms with Crippen LogP contribution in [0.3, 0.4) is 0 Å². The Labute approximate surface area is 343 Å². The Morgan fingerprint density at radius 3 is 1.57 bits per heavy atom. The fourth-order valence-electron chi connectivity index (χ4n) is 5.03. The molecule has 3 heterocycles. The van der Waals surface area contributed by atoms with Crippen LogP contribution in [0.2, 0.25) is 0 Å². The number of hydrogen-bond acceptors (Lipinski definition) is 13. The molecule has 7 aromatic rings. The number of methoxy groups -OCH3 is 1. The molecule has 19 heteroatoms. The Hall–Kier alpha value is -6.96. The molecule has 2 N–H and O–H groups in total. The van der Waals surface area contributed by atoms with Crippen molar-refractivity contribution in [1.29, 1.82) is 0 Å². The molecule has 7 rings (SSSR count). The predicted molar refractivity (Wildman–Crippen MR) is 220 cm³/mol. The number of amides is 1. The van der Waals surface area contributed by atoms with Gasteiger partial charge in [0.15, 0.2) is 11.6 Å². The van der Waals surface area contributed by atoms with E-state index in [4.69, 9.17) is 9.94 Å². The van der Waals surface area contributed by atoms with Crippen molar-refractivity contribution in [2.75, 3.05) is 38.3 Å². The van der Waals surface area contributed by atoms with Crippen LogP contribution in [-0.2, 0) is 19.6 Å². The second-order valence-corrected chi connectivity index (χ2v) is 14.0. The Morgan fingerprint density at radius 2 is 1.12 bits per heavy atom. The van der Waals surface area contributed by atoms with E-state index < -0.39 is 44.7 Å². The SMILES string of the molecule is CCCS(=O)(=O)Nc1ccc(F)c(C(=O)c2ccc3nccnc3c2)c1F.CCOC.CON(C)C(=O)c1ccc2nccnc2c1.O=C(O)c1ccc2nccnc2c1. The number of carbonyl (C=O) groups is 3. The van der Waals surface area contributed by atoms with Crippen molar-refractivity contribution in [3.8, 4) is 0 Å². The highest BCUT2D eigenvalue weighted by Gasteiger charge is 2.24. The smallest absolute Gasteiger partial charge is 0.335 e. The van der Waals surface area contributed by atoms with Gasteiger partial charge in [-0.15, -0.1) is 0 Å². The molecular weight excluding hydrogens is 803 g/mol. The zero-order valence-corrected chi connectivity index (χ0v) is 33.9. The van der Waals surface area contributed by atoms with Gasteiger partial charge in [-0.05, 0) is 80.1 Å². The summed E-state index contributed by atoms with van der Waals surface area (Å²) in [4.78, 5) is 64.3. The lowest BCUT2D eigenvalue weighted by atomic mass is 10.0. The van der Waals surface area contributed by atoms with E-state index in [-0.39, 0.29) is 22.8 Å². The molecule has 0 radical (unpaired) electrons. The third-order valence-corrected chi connectivity index (χ3v) is 9.55. The van der Waals surface area contributed by atoms with Crippen LogP contribution in [0.25, 0.3) is 33.1 Å². The largest absolute Gasteiger partial charge is 0.478 e.